The second-order valence-corrected chi connectivity index (χ2v) is 16.3. The average Bonchev–Trinajstić information content (AvgIpc) is 3.15. The van der Waals surface area contributed by atoms with E-state index in [1.807, 2.05) is 0 Å². The molecule has 0 bridgehead atoms. The van der Waals surface area contributed by atoms with Crippen LogP contribution < -0.4 is 5.32 Å². The molecule has 0 atom stereocenters. The van der Waals surface area contributed by atoms with Crippen LogP contribution in [0.4, 0.5) is 14.7 Å². The van der Waals surface area contributed by atoms with Gasteiger partial charge in [-0.25, -0.2) is 18.6 Å². The summed E-state index contributed by atoms with van der Waals surface area (Å²) in [6.07, 6.45) is 5.57. The van der Waals surface area contributed by atoms with Crippen molar-refractivity contribution in [2.24, 2.45) is 0 Å². The van der Waals surface area contributed by atoms with Crippen LogP contribution in [0.5, 0.6) is 0 Å². The van der Waals surface area contributed by atoms with E-state index < -0.39 is 25.7 Å². The van der Waals surface area contributed by atoms with Gasteiger partial charge in [0.2, 0.25) is 5.95 Å². The van der Waals surface area contributed by atoms with Crippen LogP contribution in [0, 0.1) is 11.6 Å². The number of anilines is 1. The van der Waals surface area contributed by atoms with Crippen molar-refractivity contribution >= 4 is 31.0 Å². The number of carbonyl (C=O) groups excluding carboxylic acids is 1. The van der Waals surface area contributed by atoms with Crippen LogP contribution in [0.15, 0.2) is 6.07 Å². The predicted molar refractivity (Wildman–Crippen MR) is 133 cm³/mol. The van der Waals surface area contributed by atoms with Gasteiger partial charge in [0.15, 0.2) is 11.6 Å². The number of hydrogen-bond donors (Lipinski definition) is 1. The molecule has 190 valence electrons. The van der Waals surface area contributed by atoms with Gasteiger partial charge in [0.05, 0.1) is 18.2 Å². The molecular weight excluding hydrogens is 458 g/mol. The van der Waals surface area contributed by atoms with E-state index in [2.05, 4.69) is 48.9 Å². The van der Waals surface area contributed by atoms with Crippen LogP contribution in [0.3, 0.4) is 0 Å². The lowest BCUT2D eigenvalue weighted by atomic mass is 9.80. The Morgan fingerprint density at radius 2 is 1.91 bits per heavy atom. The van der Waals surface area contributed by atoms with E-state index in [4.69, 9.17) is 9.47 Å². The van der Waals surface area contributed by atoms with Gasteiger partial charge in [-0.3, -0.25) is 4.57 Å². The maximum absolute atomic E-state index is 14.8. The Morgan fingerprint density at radius 3 is 2.50 bits per heavy atom. The molecule has 1 aliphatic rings. The molecule has 0 spiro atoms. The third-order valence-corrected chi connectivity index (χ3v) is 8.55. The molecule has 3 rings (SSSR count). The van der Waals surface area contributed by atoms with Crippen LogP contribution in [0.2, 0.25) is 25.7 Å². The van der Waals surface area contributed by atoms with Crippen molar-refractivity contribution in [3.05, 3.63) is 23.3 Å². The number of halogens is 2. The van der Waals surface area contributed by atoms with Crippen molar-refractivity contribution in [2.45, 2.75) is 70.1 Å². The summed E-state index contributed by atoms with van der Waals surface area (Å²) in [5.41, 5.74) is -0.178. The summed E-state index contributed by atoms with van der Waals surface area (Å²) in [4.78, 5) is 19.1. The number of likely N-dealkylation sites (N-methyl/N-ethyl adjacent to an activating group) is 1. The Labute approximate surface area is 201 Å². The van der Waals surface area contributed by atoms with Crippen molar-refractivity contribution in [3.8, 4) is 0 Å². The Bertz CT molecular complexity index is 1010. The SMILES string of the molecule is COC(=O)c1cc(F)c(F)c2nc(NCC3(N(C)C)CCCCC3)n(COCC[Si](C)(C)C)c12. The topological polar surface area (TPSA) is 68.6 Å². The third kappa shape index (κ3) is 5.77. The van der Waals surface area contributed by atoms with Crippen molar-refractivity contribution < 1.29 is 23.0 Å². The van der Waals surface area contributed by atoms with E-state index in [1.54, 1.807) is 4.57 Å². The van der Waals surface area contributed by atoms with E-state index in [0.29, 0.717) is 19.1 Å². The highest BCUT2D eigenvalue weighted by Crippen LogP contribution is 2.34. The number of methoxy groups -OCH3 is 1. The van der Waals surface area contributed by atoms with Gasteiger partial charge in [0.1, 0.15) is 12.2 Å². The molecule has 0 radical (unpaired) electrons. The summed E-state index contributed by atoms with van der Waals surface area (Å²) < 4.78 is 41.6. The molecule has 2 aromatic rings. The van der Waals surface area contributed by atoms with Crippen molar-refractivity contribution in [1.82, 2.24) is 14.5 Å². The second-order valence-electron chi connectivity index (χ2n) is 10.7. The molecule has 0 saturated heterocycles. The van der Waals surface area contributed by atoms with Gasteiger partial charge < -0.3 is 19.7 Å². The Hall–Kier alpha value is -2.04. The van der Waals surface area contributed by atoms with E-state index in [0.717, 1.165) is 37.8 Å². The van der Waals surface area contributed by atoms with Crippen molar-refractivity contribution in [2.75, 3.05) is 39.7 Å². The van der Waals surface area contributed by atoms with Gasteiger partial charge in [-0.15, -0.1) is 0 Å². The maximum Gasteiger partial charge on any atom is 0.340 e. The van der Waals surface area contributed by atoms with Crippen LogP contribution in [-0.2, 0) is 16.2 Å². The maximum atomic E-state index is 14.8. The molecule has 34 heavy (non-hydrogen) atoms. The second kappa shape index (κ2) is 10.7. The lowest BCUT2D eigenvalue weighted by molar-refractivity contribution is 0.0600. The molecule has 10 heteroatoms. The first-order chi connectivity index (χ1) is 16.0. The summed E-state index contributed by atoms with van der Waals surface area (Å²) in [5.74, 6) is -2.63. The van der Waals surface area contributed by atoms with Crippen LogP contribution in [0.1, 0.15) is 42.5 Å². The zero-order valence-corrected chi connectivity index (χ0v) is 22.3. The number of benzene rings is 1. The monoisotopic (exact) mass is 496 g/mol. The van der Waals surface area contributed by atoms with Gasteiger partial charge in [0.25, 0.3) is 0 Å². The number of rotatable bonds is 10. The van der Waals surface area contributed by atoms with Gasteiger partial charge in [-0.1, -0.05) is 38.9 Å². The largest absolute Gasteiger partial charge is 0.465 e. The first kappa shape index (κ1) is 26.6. The summed E-state index contributed by atoms with van der Waals surface area (Å²) >= 11 is 0. The average molecular weight is 497 g/mol. The van der Waals surface area contributed by atoms with E-state index >= 15 is 0 Å². The molecule has 0 unspecified atom stereocenters. The summed E-state index contributed by atoms with van der Waals surface area (Å²) in [6.45, 7) is 7.97. The lowest BCUT2D eigenvalue weighted by Crippen LogP contribution is -2.51. The summed E-state index contributed by atoms with van der Waals surface area (Å²) in [5, 5.41) is 3.38. The molecule has 1 N–H and O–H groups in total. The number of esters is 1. The first-order valence-electron chi connectivity index (χ1n) is 11.9. The number of ether oxygens (including phenoxy) is 2. The van der Waals surface area contributed by atoms with Crippen molar-refractivity contribution in [3.63, 3.8) is 0 Å². The zero-order chi connectivity index (χ0) is 25.1. The van der Waals surface area contributed by atoms with E-state index in [-0.39, 0.29) is 28.9 Å². The molecule has 1 fully saturated rings. The fourth-order valence-corrected chi connectivity index (χ4v) is 5.30. The molecule has 1 heterocycles. The number of carbonyl (C=O) groups is 1. The predicted octanol–water partition coefficient (Wildman–Crippen LogP) is 5.09. The molecule has 1 aromatic carbocycles. The Balaban J connectivity index is 2.01. The molecule has 7 nitrogen and oxygen atoms in total. The fourth-order valence-electron chi connectivity index (χ4n) is 4.55. The number of imidazole rings is 1. The highest BCUT2D eigenvalue weighted by atomic mass is 28.3. The molecular formula is C24H38F2N4O3Si. The minimum Gasteiger partial charge on any atom is -0.465 e. The van der Waals surface area contributed by atoms with E-state index in [9.17, 15) is 13.6 Å². The van der Waals surface area contributed by atoms with Gasteiger partial charge >= 0.3 is 5.97 Å². The first-order valence-corrected chi connectivity index (χ1v) is 15.7. The Kier molecular flexibility index (Phi) is 8.36. The molecule has 1 aromatic heterocycles. The van der Waals surface area contributed by atoms with Crippen molar-refractivity contribution in [1.29, 1.82) is 0 Å². The summed E-state index contributed by atoms with van der Waals surface area (Å²) in [6, 6.07) is 1.83. The van der Waals surface area contributed by atoms with Gasteiger partial charge in [-0.05, 0) is 39.0 Å². The molecule has 0 amide bonds. The quantitative estimate of drug-likeness (QED) is 0.281. The van der Waals surface area contributed by atoms with Crippen LogP contribution >= 0.6 is 0 Å². The third-order valence-electron chi connectivity index (χ3n) is 6.84. The fraction of sp³-hybridized carbons (Fsp3) is 0.667. The smallest absolute Gasteiger partial charge is 0.340 e. The highest BCUT2D eigenvalue weighted by molar-refractivity contribution is 6.76. The van der Waals surface area contributed by atoms with Gasteiger partial charge in [-0.2, -0.15) is 0 Å². The van der Waals surface area contributed by atoms with E-state index in [1.165, 1.54) is 13.5 Å². The van der Waals surface area contributed by atoms with Crippen LogP contribution in [-0.4, -0.2) is 68.4 Å². The molecule has 1 aliphatic carbocycles. The normalized spacial score (nSPS) is 16.3. The highest BCUT2D eigenvalue weighted by Gasteiger charge is 2.35. The minimum absolute atomic E-state index is 0.0606. The number of fused-ring (bicyclic) bond motifs is 1. The number of nitrogens with zero attached hydrogens (tertiary/aromatic N) is 3. The number of nitrogens with one attached hydrogen (secondary N) is 1. The Morgan fingerprint density at radius 1 is 1.24 bits per heavy atom. The summed E-state index contributed by atoms with van der Waals surface area (Å²) in [7, 11) is 4.04. The van der Waals surface area contributed by atoms with Crippen LogP contribution in [0.25, 0.3) is 11.0 Å². The number of aromatic nitrogens is 2. The standard InChI is InChI=1S/C24H38F2N4O3Si/c1-29(2)24(10-8-7-9-11-24)15-27-23-28-20-19(26)18(25)14-17(22(31)32-3)21(20)30(23)16-33-12-13-34(4,5)6/h14H,7-13,15-16H2,1-6H3,(H,27,28). The molecule has 1 saturated carbocycles. The van der Waals surface area contributed by atoms with Gasteiger partial charge in [0, 0.05) is 26.8 Å². The lowest BCUT2D eigenvalue weighted by Gasteiger charge is -2.43. The zero-order valence-electron chi connectivity index (χ0n) is 21.3. The minimum atomic E-state index is -1.31. The molecule has 0 aliphatic heterocycles. The number of hydrogen-bond acceptors (Lipinski definition) is 6.